The second-order valence-corrected chi connectivity index (χ2v) is 6.55. The molecule has 2 aromatic rings. The number of nitrogens with zero attached hydrogens (tertiary/aromatic N) is 1. The molecule has 0 saturated carbocycles. The molecule has 2 amide bonds. The number of carbonyl (C=O) groups is 3. The van der Waals surface area contributed by atoms with Crippen LogP contribution in [0.25, 0.3) is 0 Å². The number of aryl methyl sites for hydroxylation is 1. The number of furan rings is 1. The second kappa shape index (κ2) is 6.96. The molecule has 0 atom stereocenters. The summed E-state index contributed by atoms with van der Waals surface area (Å²) in [6.45, 7) is -0.645. The van der Waals surface area contributed by atoms with Gasteiger partial charge in [0.25, 0.3) is 11.8 Å². The van der Waals surface area contributed by atoms with Crippen molar-refractivity contribution in [3.05, 3.63) is 44.0 Å². The minimum absolute atomic E-state index is 0.295. The van der Waals surface area contributed by atoms with Crippen molar-refractivity contribution < 1.29 is 28.5 Å². The van der Waals surface area contributed by atoms with Gasteiger partial charge in [-0.3, -0.25) is 19.7 Å². The minimum atomic E-state index is -1.02. The molecule has 0 radical (unpaired) electrons. The average Bonchev–Trinajstić information content (AvgIpc) is 3.27. The van der Waals surface area contributed by atoms with Crippen LogP contribution in [-0.4, -0.2) is 29.3 Å². The van der Waals surface area contributed by atoms with Crippen LogP contribution in [0.2, 0.25) is 0 Å². The van der Waals surface area contributed by atoms with Gasteiger partial charge in [-0.25, -0.2) is 4.79 Å². The first kappa shape index (κ1) is 17.6. The molecule has 136 valence electrons. The molecule has 0 bridgehead atoms. The Morgan fingerprint density at radius 2 is 2.12 bits per heavy atom. The van der Waals surface area contributed by atoms with Crippen molar-refractivity contribution in [3.63, 3.8) is 0 Å². The van der Waals surface area contributed by atoms with Crippen molar-refractivity contribution in [2.45, 2.75) is 19.3 Å². The molecule has 2 heterocycles. The molecule has 1 aliphatic carbocycles. The summed E-state index contributed by atoms with van der Waals surface area (Å²) >= 11 is 1.28. The number of anilines is 1. The van der Waals surface area contributed by atoms with Crippen molar-refractivity contribution in [2.75, 3.05) is 11.9 Å². The van der Waals surface area contributed by atoms with E-state index in [2.05, 4.69) is 9.73 Å². The van der Waals surface area contributed by atoms with Crippen molar-refractivity contribution >= 4 is 40.0 Å². The Bertz CT molecular complexity index is 914. The van der Waals surface area contributed by atoms with Crippen LogP contribution in [0.3, 0.4) is 0 Å². The third-order valence-corrected chi connectivity index (χ3v) is 4.94. The number of ether oxygens (including phenoxy) is 1. The maximum absolute atomic E-state index is 12.0. The van der Waals surface area contributed by atoms with Crippen molar-refractivity contribution in [2.24, 2.45) is 5.73 Å². The predicted molar refractivity (Wildman–Crippen MR) is 89.1 cm³/mol. The van der Waals surface area contributed by atoms with Crippen LogP contribution in [0.15, 0.2) is 16.5 Å². The monoisotopic (exact) mass is 379 g/mol. The molecule has 0 unspecified atom stereocenters. The average molecular weight is 379 g/mol. The van der Waals surface area contributed by atoms with Gasteiger partial charge in [-0.05, 0) is 30.9 Å². The fraction of sp³-hybridized carbons (Fsp3) is 0.267. The smallest absolute Gasteiger partial charge is 0.433 e. The van der Waals surface area contributed by atoms with Gasteiger partial charge in [0.15, 0.2) is 6.61 Å². The van der Waals surface area contributed by atoms with Gasteiger partial charge in [-0.15, -0.1) is 11.3 Å². The molecule has 1 aliphatic rings. The third-order valence-electron chi connectivity index (χ3n) is 3.73. The molecule has 0 spiro atoms. The number of rotatable bonds is 6. The van der Waals surface area contributed by atoms with Gasteiger partial charge in [-0.2, -0.15) is 0 Å². The largest absolute Gasteiger partial charge is 0.450 e. The van der Waals surface area contributed by atoms with Crippen LogP contribution in [0, 0.1) is 10.1 Å². The van der Waals surface area contributed by atoms with E-state index < -0.39 is 41.0 Å². The summed E-state index contributed by atoms with van der Waals surface area (Å²) < 4.78 is 9.44. The highest BCUT2D eigenvalue weighted by atomic mass is 32.1. The van der Waals surface area contributed by atoms with Gasteiger partial charge in [-0.1, -0.05) is 0 Å². The number of thiophene rings is 1. The second-order valence-electron chi connectivity index (χ2n) is 5.45. The van der Waals surface area contributed by atoms with Gasteiger partial charge in [0.2, 0.25) is 5.76 Å². The van der Waals surface area contributed by atoms with E-state index in [0.29, 0.717) is 10.6 Å². The highest BCUT2D eigenvalue weighted by Gasteiger charge is 2.26. The Kier molecular flexibility index (Phi) is 4.71. The number of hydrogen-bond donors (Lipinski definition) is 2. The Morgan fingerprint density at radius 3 is 2.77 bits per heavy atom. The molecule has 2 aromatic heterocycles. The van der Waals surface area contributed by atoms with Crippen LogP contribution < -0.4 is 11.1 Å². The molecule has 3 N–H and O–H groups in total. The zero-order valence-corrected chi connectivity index (χ0v) is 14.1. The molecule has 10 nitrogen and oxygen atoms in total. The normalized spacial score (nSPS) is 12.5. The fourth-order valence-electron chi connectivity index (χ4n) is 2.65. The summed E-state index contributed by atoms with van der Waals surface area (Å²) in [5, 5.41) is 13.4. The summed E-state index contributed by atoms with van der Waals surface area (Å²) in [5.41, 5.74) is 6.55. The molecule has 0 saturated heterocycles. The number of carbonyl (C=O) groups excluding carboxylic acids is 3. The zero-order chi connectivity index (χ0) is 18.8. The highest BCUT2D eigenvalue weighted by molar-refractivity contribution is 7.17. The van der Waals surface area contributed by atoms with Crippen LogP contribution in [0.5, 0.6) is 0 Å². The van der Waals surface area contributed by atoms with Gasteiger partial charge >= 0.3 is 11.9 Å². The summed E-state index contributed by atoms with van der Waals surface area (Å²) in [4.78, 5) is 46.1. The van der Waals surface area contributed by atoms with E-state index in [4.69, 9.17) is 10.5 Å². The third kappa shape index (κ3) is 3.42. The zero-order valence-electron chi connectivity index (χ0n) is 13.3. The molecule has 3 rings (SSSR count). The number of nitro groups is 1. The van der Waals surface area contributed by atoms with E-state index in [1.54, 1.807) is 0 Å². The van der Waals surface area contributed by atoms with Gasteiger partial charge in [0.05, 0.1) is 11.6 Å². The van der Waals surface area contributed by atoms with Crippen LogP contribution >= 0.6 is 11.3 Å². The van der Waals surface area contributed by atoms with Gasteiger partial charge < -0.3 is 20.2 Å². The first-order valence-corrected chi connectivity index (χ1v) is 8.34. The number of primary amides is 1. The number of amides is 2. The van der Waals surface area contributed by atoms with Crippen LogP contribution in [0.4, 0.5) is 10.9 Å². The molecular weight excluding hydrogens is 366 g/mol. The Morgan fingerprint density at radius 1 is 1.35 bits per heavy atom. The molecule has 0 fully saturated rings. The number of esters is 1. The molecule has 11 heteroatoms. The Labute approximate surface area is 150 Å². The molecule has 0 aromatic carbocycles. The van der Waals surface area contributed by atoms with Crippen LogP contribution in [0.1, 0.15) is 37.8 Å². The number of nitrogens with one attached hydrogen (secondary N) is 1. The first-order valence-electron chi connectivity index (χ1n) is 7.52. The quantitative estimate of drug-likeness (QED) is 0.439. The van der Waals surface area contributed by atoms with E-state index in [9.17, 15) is 24.5 Å². The Balaban J connectivity index is 1.62. The lowest BCUT2D eigenvalue weighted by molar-refractivity contribution is -0.402. The minimum Gasteiger partial charge on any atom is -0.450 e. The maximum atomic E-state index is 12.0. The maximum Gasteiger partial charge on any atom is 0.433 e. The van der Waals surface area contributed by atoms with Crippen molar-refractivity contribution in [1.82, 2.24) is 0 Å². The summed E-state index contributed by atoms with van der Waals surface area (Å²) in [6.07, 6.45) is 2.48. The molecular formula is C15H13N3O7S. The number of fused-ring (bicyclic) bond motifs is 1. The lowest BCUT2D eigenvalue weighted by Gasteiger charge is -2.06. The first-order chi connectivity index (χ1) is 12.4. The molecule has 26 heavy (non-hydrogen) atoms. The van der Waals surface area contributed by atoms with Crippen molar-refractivity contribution in [1.29, 1.82) is 0 Å². The van der Waals surface area contributed by atoms with E-state index in [0.717, 1.165) is 41.8 Å². The van der Waals surface area contributed by atoms with Crippen molar-refractivity contribution in [3.8, 4) is 0 Å². The number of nitrogens with two attached hydrogens (primary N) is 1. The van der Waals surface area contributed by atoms with Crippen LogP contribution in [-0.2, 0) is 22.4 Å². The van der Waals surface area contributed by atoms with E-state index in [1.807, 2.05) is 0 Å². The lowest BCUT2D eigenvalue weighted by atomic mass is 10.1. The standard InChI is InChI=1S/C15H13N3O7S/c16-13(20)12-7-2-1-3-9(7)26-14(12)17-10(19)6-24-15(21)8-4-5-11(25-8)18(22)23/h4-5H,1-3,6H2,(H2,16,20)(H,17,19). The summed E-state index contributed by atoms with van der Waals surface area (Å²) in [7, 11) is 0. The van der Waals surface area contributed by atoms with Gasteiger partial charge in [0.1, 0.15) is 9.92 Å². The van der Waals surface area contributed by atoms with E-state index >= 15 is 0 Å². The predicted octanol–water partition coefficient (Wildman–Crippen LogP) is 1.63. The van der Waals surface area contributed by atoms with E-state index in [1.165, 1.54) is 11.3 Å². The fourth-order valence-corrected chi connectivity index (χ4v) is 3.96. The Hall–Kier alpha value is -3.21. The highest BCUT2D eigenvalue weighted by Crippen LogP contribution is 2.38. The van der Waals surface area contributed by atoms with E-state index in [-0.39, 0.29) is 0 Å². The number of hydrogen-bond acceptors (Lipinski definition) is 8. The topological polar surface area (TPSA) is 155 Å². The summed E-state index contributed by atoms with van der Waals surface area (Å²) in [6, 6.07) is 2.08. The lowest BCUT2D eigenvalue weighted by Crippen LogP contribution is -2.22. The van der Waals surface area contributed by atoms with Gasteiger partial charge in [0, 0.05) is 4.88 Å². The molecule has 0 aliphatic heterocycles. The summed E-state index contributed by atoms with van der Waals surface area (Å²) in [5.74, 6) is -3.31. The SMILES string of the molecule is NC(=O)c1c(NC(=O)COC(=O)c2ccc([N+](=O)[O-])o2)sc2c1CCC2.